The Balaban J connectivity index is 2.44. The van der Waals surface area contributed by atoms with Crippen molar-refractivity contribution in [2.24, 2.45) is 0 Å². The van der Waals surface area contributed by atoms with E-state index >= 15 is 0 Å². The Kier molecular flexibility index (Phi) is 5.41. The molecule has 1 atom stereocenters. The predicted octanol–water partition coefficient (Wildman–Crippen LogP) is 3.50. The minimum Gasteiger partial charge on any atom is -0.259 e. The molecule has 14 heavy (non-hydrogen) atoms. The third-order valence-electron chi connectivity index (χ3n) is 1.97. The van der Waals surface area contributed by atoms with Gasteiger partial charge in [0.05, 0.1) is 0 Å². The summed E-state index contributed by atoms with van der Waals surface area (Å²) in [5, 5.41) is 0. The van der Waals surface area contributed by atoms with Gasteiger partial charge >= 0.3 is 0 Å². The second-order valence-electron chi connectivity index (χ2n) is 3.27. The highest BCUT2D eigenvalue weighted by molar-refractivity contribution is 9.10. The first kappa shape index (κ1) is 11.9. The quantitative estimate of drug-likeness (QED) is 0.803. The van der Waals surface area contributed by atoms with Crippen molar-refractivity contribution in [2.75, 3.05) is 5.75 Å². The van der Waals surface area contributed by atoms with Gasteiger partial charge < -0.3 is 0 Å². The lowest BCUT2D eigenvalue weighted by Crippen LogP contribution is -2.00. The summed E-state index contributed by atoms with van der Waals surface area (Å²) < 4.78 is 12.6. The van der Waals surface area contributed by atoms with Gasteiger partial charge in [0.25, 0.3) is 0 Å². The summed E-state index contributed by atoms with van der Waals surface area (Å²) in [6, 6.07) is 8.03. The summed E-state index contributed by atoms with van der Waals surface area (Å²) in [7, 11) is -0.693. The van der Waals surface area contributed by atoms with Crippen LogP contribution in [0.4, 0.5) is 0 Å². The molecule has 0 aliphatic heterocycles. The minimum absolute atomic E-state index is 0.688. The molecule has 0 bridgehead atoms. The molecule has 0 amide bonds. The normalized spacial score (nSPS) is 12.7. The monoisotopic (exact) mass is 274 g/mol. The summed E-state index contributed by atoms with van der Waals surface area (Å²) in [5.74, 6) is 1.51. The van der Waals surface area contributed by atoms with Gasteiger partial charge in [-0.1, -0.05) is 41.4 Å². The molecule has 0 fully saturated rings. The second-order valence-corrected chi connectivity index (χ2v) is 5.76. The van der Waals surface area contributed by atoms with E-state index in [-0.39, 0.29) is 0 Å². The average Bonchev–Trinajstić information content (AvgIpc) is 2.18. The number of rotatable bonds is 5. The van der Waals surface area contributed by atoms with Crippen LogP contribution in [0.5, 0.6) is 0 Å². The van der Waals surface area contributed by atoms with Crippen LogP contribution in [0.15, 0.2) is 28.7 Å². The van der Waals surface area contributed by atoms with Gasteiger partial charge in [0.2, 0.25) is 0 Å². The van der Waals surface area contributed by atoms with Crippen molar-refractivity contribution in [3.63, 3.8) is 0 Å². The minimum atomic E-state index is -0.693. The molecule has 0 aromatic heterocycles. The molecule has 1 nitrogen and oxygen atoms in total. The Bertz CT molecular complexity index is 295. The van der Waals surface area contributed by atoms with Gasteiger partial charge in [-0.2, -0.15) is 0 Å². The highest BCUT2D eigenvalue weighted by Gasteiger charge is 2.00. The Morgan fingerprint density at radius 3 is 2.50 bits per heavy atom. The number of hydrogen-bond donors (Lipinski definition) is 0. The maximum absolute atomic E-state index is 11.6. The van der Waals surface area contributed by atoms with Gasteiger partial charge in [0.15, 0.2) is 0 Å². The number of halogens is 1. The Morgan fingerprint density at radius 1 is 1.29 bits per heavy atom. The van der Waals surface area contributed by atoms with E-state index < -0.39 is 10.8 Å². The fourth-order valence-electron chi connectivity index (χ4n) is 1.14. The summed E-state index contributed by atoms with van der Waals surface area (Å²) in [4.78, 5) is 0. The fraction of sp³-hybridized carbons (Fsp3) is 0.455. The highest BCUT2D eigenvalue weighted by atomic mass is 79.9. The van der Waals surface area contributed by atoms with Crippen LogP contribution in [-0.4, -0.2) is 9.96 Å². The molecule has 0 saturated carbocycles. The molecule has 0 unspecified atom stereocenters. The summed E-state index contributed by atoms with van der Waals surface area (Å²) in [6.07, 6.45) is 2.18. The van der Waals surface area contributed by atoms with E-state index in [1.54, 1.807) is 0 Å². The lowest BCUT2D eigenvalue weighted by Gasteiger charge is -2.01. The van der Waals surface area contributed by atoms with Gasteiger partial charge in [-0.05, 0) is 24.1 Å². The van der Waals surface area contributed by atoms with Gasteiger partial charge in [-0.3, -0.25) is 4.21 Å². The Morgan fingerprint density at radius 2 is 1.93 bits per heavy atom. The van der Waals surface area contributed by atoms with Crippen molar-refractivity contribution >= 4 is 26.7 Å². The van der Waals surface area contributed by atoms with Crippen molar-refractivity contribution in [1.82, 2.24) is 0 Å². The average molecular weight is 275 g/mol. The molecule has 0 aliphatic rings. The van der Waals surface area contributed by atoms with Gasteiger partial charge in [0.1, 0.15) is 0 Å². The van der Waals surface area contributed by atoms with E-state index in [4.69, 9.17) is 0 Å². The summed E-state index contributed by atoms with van der Waals surface area (Å²) in [5.41, 5.74) is 1.16. The fourth-order valence-corrected chi connectivity index (χ4v) is 2.73. The first-order chi connectivity index (χ1) is 6.72. The number of hydrogen-bond acceptors (Lipinski definition) is 1. The van der Waals surface area contributed by atoms with Crippen LogP contribution >= 0.6 is 15.9 Å². The standard InChI is InChI=1S/C11H15BrOS/c1-2-3-8-14(13)9-10-4-6-11(12)7-5-10/h4-7H,2-3,8-9H2,1H3/t14-/m0/s1. The molecule has 0 spiro atoms. The third kappa shape index (κ3) is 4.38. The Labute approximate surface area is 96.5 Å². The highest BCUT2D eigenvalue weighted by Crippen LogP contribution is 2.12. The molecule has 3 heteroatoms. The van der Waals surface area contributed by atoms with Crippen LogP contribution in [0.1, 0.15) is 25.3 Å². The zero-order chi connectivity index (χ0) is 10.4. The molecular formula is C11H15BrOS. The van der Waals surface area contributed by atoms with Gasteiger partial charge in [-0.15, -0.1) is 0 Å². The molecule has 0 aliphatic carbocycles. The first-order valence-corrected chi connectivity index (χ1v) is 7.10. The second kappa shape index (κ2) is 6.36. The van der Waals surface area contributed by atoms with Crippen LogP contribution in [0.2, 0.25) is 0 Å². The maximum atomic E-state index is 11.6. The van der Waals surface area contributed by atoms with Crippen LogP contribution < -0.4 is 0 Å². The van der Waals surface area contributed by atoms with E-state index in [1.807, 2.05) is 24.3 Å². The van der Waals surface area contributed by atoms with Crippen molar-refractivity contribution in [1.29, 1.82) is 0 Å². The van der Waals surface area contributed by atoms with E-state index in [1.165, 1.54) is 0 Å². The molecular weight excluding hydrogens is 260 g/mol. The SMILES string of the molecule is CCCC[S@](=O)Cc1ccc(Br)cc1. The molecule has 0 N–H and O–H groups in total. The summed E-state index contributed by atoms with van der Waals surface area (Å²) in [6.45, 7) is 2.12. The van der Waals surface area contributed by atoms with Crippen LogP contribution in [0.3, 0.4) is 0 Å². The van der Waals surface area contributed by atoms with Crippen molar-refractivity contribution in [3.8, 4) is 0 Å². The zero-order valence-electron chi connectivity index (χ0n) is 8.33. The third-order valence-corrected chi connectivity index (χ3v) is 3.89. The lowest BCUT2D eigenvalue weighted by molar-refractivity contribution is 0.679. The molecule has 1 aromatic carbocycles. The van der Waals surface area contributed by atoms with Crippen molar-refractivity contribution in [2.45, 2.75) is 25.5 Å². The Hall–Kier alpha value is -0.150. The predicted molar refractivity (Wildman–Crippen MR) is 65.8 cm³/mol. The smallest absolute Gasteiger partial charge is 0.0485 e. The lowest BCUT2D eigenvalue weighted by atomic mass is 10.2. The van der Waals surface area contributed by atoms with Gasteiger partial charge in [-0.25, -0.2) is 0 Å². The van der Waals surface area contributed by atoms with E-state index in [2.05, 4.69) is 22.9 Å². The van der Waals surface area contributed by atoms with Crippen molar-refractivity contribution in [3.05, 3.63) is 34.3 Å². The molecule has 1 aromatic rings. The maximum Gasteiger partial charge on any atom is 0.0485 e. The number of benzene rings is 1. The van der Waals surface area contributed by atoms with Crippen LogP contribution in [0.25, 0.3) is 0 Å². The van der Waals surface area contributed by atoms with E-state index in [9.17, 15) is 4.21 Å². The number of unbranched alkanes of at least 4 members (excludes halogenated alkanes) is 1. The molecule has 78 valence electrons. The van der Waals surface area contributed by atoms with E-state index in [0.29, 0.717) is 5.75 Å². The molecule has 1 rings (SSSR count). The van der Waals surface area contributed by atoms with Crippen LogP contribution in [-0.2, 0) is 16.6 Å². The van der Waals surface area contributed by atoms with Crippen LogP contribution in [0, 0.1) is 0 Å². The van der Waals surface area contributed by atoms with Crippen molar-refractivity contribution < 1.29 is 4.21 Å². The first-order valence-electron chi connectivity index (χ1n) is 4.82. The van der Waals surface area contributed by atoms with E-state index in [0.717, 1.165) is 28.6 Å². The largest absolute Gasteiger partial charge is 0.259 e. The molecule has 0 heterocycles. The summed E-state index contributed by atoms with van der Waals surface area (Å²) >= 11 is 3.38. The zero-order valence-corrected chi connectivity index (χ0v) is 10.7. The topological polar surface area (TPSA) is 17.1 Å². The molecule has 0 saturated heterocycles. The van der Waals surface area contributed by atoms with Gasteiger partial charge in [0, 0.05) is 26.8 Å². The molecule has 0 radical (unpaired) electrons.